The molecule has 0 spiro atoms. The highest BCUT2D eigenvalue weighted by Crippen LogP contribution is 2.36. The number of nitrogens with zero attached hydrogens (tertiary/aromatic N) is 6. The molecule has 0 radical (unpaired) electrons. The van der Waals surface area contributed by atoms with E-state index in [1.807, 2.05) is 18.2 Å². The van der Waals surface area contributed by atoms with E-state index < -0.39 is 27.8 Å². The van der Waals surface area contributed by atoms with Gasteiger partial charge >= 0.3 is 0 Å². The topological polar surface area (TPSA) is 168 Å². The molecular formula is C29H25F2N7O5S. The van der Waals surface area contributed by atoms with Gasteiger partial charge in [0.25, 0.3) is 15.7 Å². The maximum absolute atomic E-state index is 15.2. The van der Waals surface area contributed by atoms with Gasteiger partial charge in [0.05, 0.1) is 35.3 Å². The minimum Gasteiger partial charge on any atom is -0.494 e. The van der Waals surface area contributed by atoms with Crippen LogP contribution in [0.3, 0.4) is 0 Å². The van der Waals surface area contributed by atoms with E-state index in [0.29, 0.717) is 28.7 Å². The number of benzene rings is 3. The van der Waals surface area contributed by atoms with Crippen LogP contribution in [0, 0.1) is 11.6 Å². The van der Waals surface area contributed by atoms with E-state index in [-0.39, 0.29) is 39.4 Å². The Hall–Kier alpha value is -5.28. The molecule has 12 nitrogen and oxygen atoms in total. The molecule has 1 atom stereocenters. The quantitative estimate of drug-likeness (QED) is 0.267. The molecule has 3 aromatic heterocycles. The van der Waals surface area contributed by atoms with E-state index in [4.69, 9.17) is 20.0 Å². The molecule has 3 N–H and O–H groups in total. The zero-order chi connectivity index (χ0) is 31.8. The first-order valence-corrected chi connectivity index (χ1v) is 14.8. The van der Waals surface area contributed by atoms with Crippen LogP contribution < -0.4 is 16.0 Å². The van der Waals surface area contributed by atoms with Gasteiger partial charge in [0.2, 0.25) is 5.82 Å². The first-order chi connectivity index (χ1) is 20.9. The summed E-state index contributed by atoms with van der Waals surface area (Å²) < 4.78 is 63.6. The Morgan fingerprint density at radius 2 is 1.64 bits per heavy atom. The lowest BCUT2D eigenvalue weighted by Gasteiger charge is -2.19. The lowest BCUT2D eigenvalue weighted by Crippen LogP contribution is -2.27. The monoisotopic (exact) mass is 621 g/mol. The average Bonchev–Trinajstić information content (AvgIpc) is 3.38. The van der Waals surface area contributed by atoms with Crippen LogP contribution in [0.1, 0.15) is 18.8 Å². The third-order valence-corrected chi connectivity index (χ3v) is 6.60. The standard InChI is InChI=1S/C28H21F2N7O2.CH4O3S/c1-15(26-34-19-11-7-6-10-17(19)28(38)36(26)16-8-4-3-5-9-16)37-27-21(25(31)32-14-33-27)24(35-37)18-12-13-20(39-2)23(30)22(18)29;1-5(2,3)4/h3-15H,1-2H3,(H2,31,32,33);1H3,(H,2,3,4)/t15-;/m0./s1. The summed E-state index contributed by atoms with van der Waals surface area (Å²) in [7, 11) is -2.42. The number of nitrogen functional groups attached to an aromatic ring is 1. The van der Waals surface area contributed by atoms with E-state index in [9.17, 15) is 17.6 Å². The number of methoxy groups -OCH3 is 1. The fourth-order valence-electron chi connectivity index (χ4n) is 4.69. The molecule has 0 aliphatic carbocycles. The van der Waals surface area contributed by atoms with Crippen LogP contribution >= 0.6 is 0 Å². The normalized spacial score (nSPS) is 12.1. The Bertz CT molecular complexity index is 2180. The molecule has 0 aliphatic heterocycles. The summed E-state index contributed by atoms with van der Waals surface area (Å²) in [5.41, 5.74) is 7.22. The van der Waals surface area contributed by atoms with Crippen molar-refractivity contribution >= 4 is 37.9 Å². The number of hydrogen-bond acceptors (Lipinski definition) is 9. The predicted molar refractivity (Wildman–Crippen MR) is 160 cm³/mol. The van der Waals surface area contributed by atoms with Gasteiger partial charge in [0.15, 0.2) is 17.2 Å². The number of para-hydroxylation sites is 2. The summed E-state index contributed by atoms with van der Waals surface area (Å²) in [6, 6.07) is 18.1. The Morgan fingerprint density at radius 1 is 0.977 bits per heavy atom. The van der Waals surface area contributed by atoms with Crippen LogP contribution in [0.4, 0.5) is 14.6 Å². The number of fused-ring (bicyclic) bond motifs is 2. The van der Waals surface area contributed by atoms with Gasteiger partial charge in [-0.2, -0.15) is 17.9 Å². The van der Waals surface area contributed by atoms with E-state index in [1.54, 1.807) is 43.3 Å². The number of halogens is 2. The lowest BCUT2D eigenvalue weighted by molar-refractivity contribution is 0.372. The zero-order valence-electron chi connectivity index (χ0n) is 23.5. The maximum Gasteiger partial charge on any atom is 0.266 e. The van der Waals surface area contributed by atoms with Crippen molar-refractivity contribution in [1.29, 1.82) is 0 Å². The van der Waals surface area contributed by atoms with E-state index >= 15 is 4.39 Å². The molecule has 0 saturated carbocycles. The third-order valence-electron chi connectivity index (χ3n) is 6.60. The molecule has 3 aromatic carbocycles. The second-order valence-corrected chi connectivity index (χ2v) is 11.0. The number of anilines is 1. The van der Waals surface area contributed by atoms with Gasteiger partial charge in [-0.05, 0) is 43.3 Å². The Morgan fingerprint density at radius 3 is 2.32 bits per heavy atom. The fraction of sp³-hybridized carbons (Fsp3) is 0.138. The van der Waals surface area contributed by atoms with Crippen molar-refractivity contribution in [1.82, 2.24) is 29.3 Å². The van der Waals surface area contributed by atoms with Gasteiger partial charge < -0.3 is 10.5 Å². The molecule has 226 valence electrons. The van der Waals surface area contributed by atoms with Crippen molar-refractivity contribution in [3.05, 3.63) is 101 Å². The summed E-state index contributed by atoms with van der Waals surface area (Å²) in [5.74, 6) is -2.16. The highest BCUT2D eigenvalue weighted by Gasteiger charge is 2.27. The Labute approximate surface area is 249 Å². The van der Waals surface area contributed by atoms with Crippen molar-refractivity contribution in [3.63, 3.8) is 0 Å². The van der Waals surface area contributed by atoms with Gasteiger partial charge in [0.1, 0.15) is 29.7 Å². The molecule has 0 amide bonds. The smallest absolute Gasteiger partial charge is 0.266 e. The second-order valence-electron chi connectivity index (χ2n) is 9.57. The van der Waals surface area contributed by atoms with Crippen LogP contribution in [-0.4, -0.2) is 55.6 Å². The van der Waals surface area contributed by atoms with E-state index in [1.165, 1.54) is 34.8 Å². The molecule has 0 aliphatic rings. The fourth-order valence-corrected chi connectivity index (χ4v) is 4.69. The number of ether oxygens (including phenoxy) is 1. The van der Waals surface area contributed by atoms with Crippen LogP contribution in [0.15, 0.2) is 77.9 Å². The molecule has 0 fully saturated rings. The van der Waals surface area contributed by atoms with Crippen molar-refractivity contribution in [2.24, 2.45) is 0 Å². The minimum atomic E-state index is -3.67. The van der Waals surface area contributed by atoms with Crippen molar-refractivity contribution in [2.75, 3.05) is 19.1 Å². The molecule has 0 unspecified atom stereocenters. The van der Waals surface area contributed by atoms with Crippen LogP contribution in [0.5, 0.6) is 5.75 Å². The number of nitrogens with two attached hydrogens (primary N) is 1. The third kappa shape index (κ3) is 5.69. The lowest BCUT2D eigenvalue weighted by atomic mass is 10.1. The van der Waals surface area contributed by atoms with Gasteiger partial charge in [0, 0.05) is 5.56 Å². The summed E-state index contributed by atoms with van der Waals surface area (Å²) in [4.78, 5) is 27.0. The van der Waals surface area contributed by atoms with Crippen LogP contribution in [0.2, 0.25) is 0 Å². The van der Waals surface area contributed by atoms with Crippen LogP contribution in [-0.2, 0) is 10.1 Å². The zero-order valence-corrected chi connectivity index (χ0v) is 24.3. The summed E-state index contributed by atoms with van der Waals surface area (Å²) in [5, 5.41) is 5.32. The molecule has 44 heavy (non-hydrogen) atoms. The molecule has 15 heteroatoms. The van der Waals surface area contributed by atoms with Gasteiger partial charge in [-0.1, -0.05) is 30.3 Å². The molecule has 0 bridgehead atoms. The van der Waals surface area contributed by atoms with Crippen molar-refractivity contribution in [3.8, 4) is 22.7 Å². The van der Waals surface area contributed by atoms with Crippen molar-refractivity contribution < 1.29 is 26.5 Å². The first kappa shape index (κ1) is 30.2. The number of rotatable bonds is 5. The van der Waals surface area contributed by atoms with Gasteiger partial charge in [-0.25, -0.2) is 24.0 Å². The summed E-state index contributed by atoms with van der Waals surface area (Å²) in [6.45, 7) is 1.79. The Kier molecular flexibility index (Phi) is 8.08. The summed E-state index contributed by atoms with van der Waals surface area (Å²) in [6.07, 6.45) is 1.97. The second kappa shape index (κ2) is 11.8. The maximum atomic E-state index is 15.2. The van der Waals surface area contributed by atoms with Crippen LogP contribution in [0.25, 0.3) is 38.9 Å². The van der Waals surface area contributed by atoms with E-state index in [2.05, 4.69) is 15.1 Å². The predicted octanol–water partition coefficient (Wildman–Crippen LogP) is 4.17. The average molecular weight is 622 g/mol. The molecule has 3 heterocycles. The van der Waals surface area contributed by atoms with Crippen molar-refractivity contribution in [2.45, 2.75) is 13.0 Å². The Balaban J connectivity index is 0.000000712. The van der Waals surface area contributed by atoms with Gasteiger partial charge in [-0.3, -0.25) is 13.9 Å². The summed E-state index contributed by atoms with van der Waals surface area (Å²) >= 11 is 0. The number of aromatic nitrogens is 6. The highest BCUT2D eigenvalue weighted by atomic mass is 32.2. The largest absolute Gasteiger partial charge is 0.494 e. The van der Waals surface area contributed by atoms with E-state index in [0.717, 1.165) is 0 Å². The molecular weight excluding hydrogens is 596 g/mol. The number of hydrogen-bond donors (Lipinski definition) is 2. The highest BCUT2D eigenvalue weighted by molar-refractivity contribution is 7.85. The SMILES string of the molecule is COc1ccc(-c2nn([C@@H](C)c3nc4ccccc4c(=O)n3-c3ccccc3)c3ncnc(N)c23)c(F)c1F.CS(=O)(=O)O. The first-order valence-electron chi connectivity index (χ1n) is 12.9. The minimum absolute atomic E-state index is 0.0380. The van der Waals surface area contributed by atoms with Gasteiger partial charge in [-0.15, -0.1) is 0 Å². The molecule has 6 aromatic rings. The molecule has 6 rings (SSSR count). The molecule has 0 saturated heterocycles.